The molecule has 3 unspecified atom stereocenters. The Kier molecular flexibility index (Phi) is 18.1. The molecule has 3 heterocycles. The lowest BCUT2D eigenvalue weighted by molar-refractivity contribution is -0.133. The lowest BCUT2D eigenvalue weighted by atomic mass is 9.85. The maximum atomic E-state index is 13.7. The molecule has 10 heteroatoms. The second-order valence-electron chi connectivity index (χ2n) is 15.3. The monoisotopic (exact) mass is 786 g/mol. The van der Waals surface area contributed by atoms with Crippen LogP contribution in [0.3, 0.4) is 0 Å². The highest BCUT2D eigenvalue weighted by Gasteiger charge is 2.42. The lowest BCUT2D eigenvalue weighted by Gasteiger charge is -2.43. The minimum Gasteiger partial charge on any atom is -0.386 e. The van der Waals surface area contributed by atoms with E-state index in [0.29, 0.717) is 36.7 Å². The number of amides is 1. The lowest BCUT2D eigenvalue weighted by Crippen LogP contribution is -2.54. The minimum absolute atomic E-state index is 0.0235. The predicted molar refractivity (Wildman–Crippen MR) is 243 cm³/mol. The van der Waals surface area contributed by atoms with Gasteiger partial charge >= 0.3 is 0 Å². The van der Waals surface area contributed by atoms with Crippen molar-refractivity contribution in [3.63, 3.8) is 0 Å². The maximum Gasteiger partial charge on any atom is 0.238 e. The van der Waals surface area contributed by atoms with Crippen molar-refractivity contribution in [3.05, 3.63) is 120 Å². The first-order valence-corrected chi connectivity index (χ1v) is 20.5. The molecule has 1 aliphatic heterocycles. The van der Waals surface area contributed by atoms with Crippen molar-refractivity contribution in [2.45, 2.75) is 100 Å². The number of carbonyl (C=O) groups excluding carboxylic acids is 1. The minimum atomic E-state index is -0.769. The van der Waals surface area contributed by atoms with Crippen molar-refractivity contribution in [1.29, 1.82) is 5.26 Å². The van der Waals surface area contributed by atoms with Crippen molar-refractivity contribution in [2.75, 3.05) is 43.9 Å². The number of rotatable bonds is 17. The Morgan fingerprint density at radius 3 is 2.28 bits per heavy atom. The van der Waals surface area contributed by atoms with E-state index in [0.717, 1.165) is 41.9 Å². The molecule has 0 radical (unpaired) electrons. The molecule has 1 fully saturated rings. The van der Waals surface area contributed by atoms with E-state index in [1.165, 1.54) is 22.3 Å². The fourth-order valence-electron chi connectivity index (χ4n) is 7.09. The number of nitrogens with zero attached hydrogens (tertiary/aromatic N) is 7. The molecule has 0 saturated carbocycles. The number of pyridine rings is 1. The third kappa shape index (κ3) is 12.2. The second kappa shape index (κ2) is 22.4. The zero-order valence-electron chi connectivity index (χ0n) is 37.0. The highest BCUT2D eigenvalue weighted by molar-refractivity contribution is 5.79. The number of aromatic nitrogens is 3. The number of hydrogen-bond donors (Lipinski definition) is 2. The van der Waals surface area contributed by atoms with Crippen LogP contribution in [0.25, 0.3) is 17.0 Å². The summed E-state index contributed by atoms with van der Waals surface area (Å²) >= 11 is 0. The summed E-state index contributed by atoms with van der Waals surface area (Å²) in [6, 6.07) is 15.1. The van der Waals surface area contributed by atoms with Crippen LogP contribution in [0.5, 0.6) is 0 Å². The van der Waals surface area contributed by atoms with Crippen LogP contribution in [0.2, 0.25) is 0 Å². The number of anilines is 2. The number of likely N-dealkylation sites (tertiary alicyclic amines) is 1. The molecule has 3 aromatic rings. The highest BCUT2D eigenvalue weighted by atomic mass is 16.2. The summed E-state index contributed by atoms with van der Waals surface area (Å²) in [5.41, 5.74) is 9.80. The van der Waals surface area contributed by atoms with Gasteiger partial charge in [-0.2, -0.15) is 5.26 Å². The van der Waals surface area contributed by atoms with E-state index in [2.05, 4.69) is 133 Å². The Hall–Kier alpha value is -5.53. The number of benzene rings is 1. The highest BCUT2D eigenvalue weighted by Crippen LogP contribution is 2.36. The van der Waals surface area contributed by atoms with Gasteiger partial charge in [0.25, 0.3) is 0 Å². The molecule has 58 heavy (non-hydrogen) atoms. The van der Waals surface area contributed by atoms with E-state index in [4.69, 9.17) is 0 Å². The number of carbonyl (C=O) groups is 1. The van der Waals surface area contributed by atoms with Gasteiger partial charge in [0, 0.05) is 67.8 Å². The van der Waals surface area contributed by atoms with E-state index in [1.54, 1.807) is 12.4 Å². The quantitative estimate of drug-likeness (QED) is 0.102. The van der Waals surface area contributed by atoms with Gasteiger partial charge in [0.2, 0.25) is 5.91 Å². The van der Waals surface area contributed by atoms with Crippen LogP contribution >= 0.6 is 0 Å². The molecule has 1 saturated heterocycles. The van der Waals surface area contributed by atoms with Gasteiger partial charge in [-0.25, -0.2) is 9.97 Å². The first kappa shape index (κ1) is 46.8. The van der Waals surface area contributed by atoms with Crippen LogP contribution in [0.4, 0.5) is 11.4 Å². The Morgan fingerprint density at radius 2 is 1.74 bits per heavy atom. The summed E-state index contributed by atoms with van der Waals surface area (Å²) in [6.45, 7) is 28.5. The number of nitriles is 1. The fourth-order valence-corrected chi connectivity index (χ4v) is 7.09. The molecule has 2 aromatic heterocycles. The molecule has 1 aromatic carbocycles. The summed E-state index contributed by atoms with van der Waals surface area (Å²) in [5, 5.41) is 16.3. The zero-order valence-corrected chi connectivity index (χ0v) is 37.0. The molecule has 0 aliphatic carbocycles. The van der Waals surface area contributed by atoms with Crippen LogP contribution in [-0.4, -0.2) is 76.6 Å². The van der Waals surface area contributed by atoms with Gasteiger partial charge in [0.15, 0.2) is 5.82 Å². The first-order chi connectivity index (χ1) is 27.7. The fraction of sp³-hybridized carbons (Fsp3) is 0.438. The van der Waals surface area contributed by atoms with Crippen molar-refractivity contribution in [2.24, 2.45) is 5.41 Å². The smallest absolute Gasteiger partial charge is 0.238 e. The average Bonchev–Trinajstić information content (AvgIpc) is 3.65. The summed E-state index contributed by atoms with van der Waals surface area (Å²) in [6.07, 6.45) is 14.7. The number of allylic oxidation sites excluding steroid dienone is 6. The Bertz CT molecular complexity index is 1970. The van der Waals surface area contributed by atoms with Crippen molar-refractivity contribution < 1.29 is 4.79 Å². The van der Waals surface area contributed by atoms with E-state index in [9.17, 15) is 10.1 Å². The summed E-state index contributed by atoms with van der Waals surface area (Å²) in [7, 11) is 3.72. The number of nitrogens with one attached hydrogen (secondary N) is 2. The normalized spacial score (nSPS) is 16.3. The van der Waals surface area contributed by atoms with Crippen LogP contribution in [-0.2, 0) is 4.79 Å². The molecule has 1 aliphatic rings. The van der Waals surface area contributed by atoms with Crippen LogP contribution in [0, 0.1) is 23.7 Å². The van der Waals surface area contributed by atoms with Crippen LogP contribution in [0.1, 0.15) is 92.3 Å². The maximum absolute atomic E-state index is 13.7. The van der Waals surface area contributed by atoms with Crippen molar-refractivity contribution in [1.82, 2.24) is 30.1 Å². The standard InChI is InChI=1S/C33H46N8O.C15H21N/c1-9-12-24(4)38-26(6)33(22-34)17-18-40(23-33)21-31(42)39(8)30(11-3)41(25(5)10-2)29-15-13-27(14-16-29)32-36-19-28(35-7)20-37-32;1-6-7-15(13(5)11(2)3)14-8-9-16-12(4)10-14/h9,12-16,19-20,25,30,35,38H,4,6,10-11,17-18,21,23H2,1-3,5,7-8H3;7-10H,6H2,1-5H3/b12-9-;15-7+. The molecule has 2 N–H and O–H groups in total. The van der Waals surface area contributed by atoms with E-state index >= 15 is 0 Å². The molecule has 1 amide bonds. The third-order valence-corrected chi connectivity index (χ3v) is 10.9. The molecule has 10 nitrogen and oxygen atoms in total. The molecule has 4 rings (SSSR count). The zero-order chi connectivity index (χ0) is 43.0. The number of aryl methyl sites for hydroxylation is 1. The number of hydrogen-bond acceptors (Lipinski definition) is 9. The van der Waals surface area contributed by atoms with E-state index in [1.807, 2.05) is 63.3 Å². The van der Waals surface area contributed by atoms with Gasteiger partial charge < -0.3 is 20.4 Å². The summed E-state index contributed by atoms with van der Waals surface area (Å²) in [4.78, 5) is 33.1. The Balaban J connectivity index is 0.000000470. The summed E-state index contributed by atoms with van der Waals surface area (Å²) in [5.74, 6) is 0.688. The number of likely N-dealkylation sites (N-methyl/N-ethyl adjacent to an activating group) is 1. The molecular weight excluding hydrogens is 719 g/mol. The Morgan fingerprint density at radius 1 is 1.07 bits per heavy atom. The van der Waals surface area contributed by atoms with Gasteiger partial charge in [-0.3, -0.25) is 14.7 Å². The van der Waals surface area contributed by atoms with Gasteiger partial charge in [0.05, 0.1) is 30.7 Å². The van der Waals surface area contributed by atoms with Crippen LogP contribution in [0.15, 0.2) is 109 Å². The molecule has 310 valence electrons. The first-order valence-electron chi connectivity index (χ1n) is 20.5. The van der Waals surface area contributed by atoms with Gasteiger partial charge in [-0.1, -0.05) is 51.7 Å². The molecule has 0 bridgehead atoms. The second-order valence-corrected chi connectivity index (χ2v) is 15.3. The van der Waals surface area contributed by atoms with Gasteiger partial charge in [0.1, 0.15) is 11.6 Å². The van der Waals surface area contributed by atoms with E-state index in [-0.39, 0.29) is 24.7 Å². The molecular formula is C48H67N9O. The molecule has 0 spiro atoms. The van der Waals surface area contributed by atoms with Crippen molar-refractivity contribution in [3.8, 4) is 17.5 Å². The van der Waals surface area contributed by atoms with Gasteiger partial charge in [-0.15, -0.1) is 0 Å². The largest absolute Gasteiger partial charge is 0.386 e. The van der Waals surface area contributed by atoms with Crippen molar-refractivity contribution >= 4 is 22.9 Å². The van der Waals surface area contributed by atoms with Crippen LogP contribution < -0.4 is 15.5 Å². The average molecular weight is 786 g/mol. The molecule has 3 atom stereocenters. The third-order valence-electron chi connectivity index (χ3n) is 10.9. The summed E-state index contributed by atoms with van der Waals surface area (Å²) < 4.78 is 0. The van der Waals surface area contributed by atoms with E-state index < -0.39 is 5.41 Å². The van der Waals surface area contributed by atoms with Gasteiger partial charge in [-0.05, 0) is 126 Å². The SMILES string of the molecule is C=C(/C=C\C)NC(=C)C1(C#N)CCN(CC(=O)N(C)C(CC)N(c2ccc(-c3ncc(NC)cn3)cc2)C(C)CC)C1.CC/C=C(\C(C)=C(C)C)c1ccnc(C)c1. The Labute approximate surface area is 349 Å². The topological polar surface area (TPSA) is 113 Å². The predicted octanol–water partition coefficient (Wildman–Crippen LogP) is 9.93.